The van der Waals surface area contributed by atoms with Crippen LogP contribution < -0.4 is 10.0 Å². The van der Waals surface area contributed by atoms with Crippen molar-refractivity contribution in [2.45, 2.75) is 18.7 Å². The number of carbonyl (C=O) groups is 1. The molecule has 3 N–H and O–H groups in total. The van der Waals surface area contributed by atoms with Crippen LogP contribution in [-0.2, 0) is 10.0 Å². The van der Waals surface area contributed by atoms with Crippen LogP contribution in [-0.4, -0.2) is 24.3 Å². The number of H-pyrrole nitrogens is 1. The first kappa shape index (κ1) is 19.7. The van der Waals surface area contributed by atoms with Gasteiger partial charge in [0.2, 0.25) is 5.95 Å². The largest absolute Gasteiger partial charge is 0.324 e. The molecule has 1 heterocycles. The molecule has 0 spiro atoms. The topological polar surface area (TPSA) is 104 Å². The lowest BCUT2D eigenvalue weighted by molar-refractivity contribution is 0.102. The molecule has 8 heteroatoms. The summed E-state index contributed by atoms with van der Waals surface area (Å²) in [5, 5.41) is 2.71. The second-order valence-electron chi connectivity index (χ2n) is 6.95. The molecular weight excluding hydrogens is 400 g/mol. The Bertz CT molecular complexity index is 1330. The molecule has 4 rings (SSSR count). The van der Waals surface area contributed by atoms with Crippen molar-refractivity contribution in [2.75, 3.05) is 10.0 Å². The number of imidazole rings is 1. The summed E-state index contributed by atoms with van der Waals surface area (Å²) in [6.45, 7) is 3.57. The maximum Gasteiger partial charge on any atom is 0.261 e. The van der Waals surface area contributed by atoms with E-state index in [-0.39, 0.29) is 10.5 Å². The molecule has 1 aromatic heterocycles. The molecule has 0 saturated carbocycles. The van der Waals surface area contributed by atoms with Crippen molar-refractivity contribution in [3.63, 3.8) is 0 Å². The minimum Gasteiger partial charge on any atom is -0.324 e. The van der Waals surface area contributed by atoms with Crippen LogP contribution in [0.5, 0.6) is 0 Å². The van der Waals surface area contributed by atoms with Gasteiger partial charge in [0.15, 0.2) is 0 Å². The number of fused-ring (bicyclic) bond motifs is 1. The molecule has 0 unspecified atom stereocenters. The van der Waals surface area contributed by atoms with Crippen LogP contribution in [0.2, 0.25) is 0 Å². The fraction of sp³-hybridized carbons (Fsp3) is 0.0909. The standard InChI is InChI=1S/C22H20N4O3S/c1-14-11-12-16(30(28,29)26-18-8-4-3-7-15(18)2)13-17(14)21(27)25-22-23-19-9-5-6-10-20(19)24-22/h3-13,26H,1-2H3,(H2,23,24,25,27). The fourth-order valence-corrected chi connectivity index (χ4v) is 4.25. The number of aromatic nitrogens is 2. The van der Waals surface area contributed by atoms with Crippen LogP contribution >= 0.6 is 0 Å². The lowest BCUT2D eigenvalue weighted by Gasteiger charge is -2.12. The third-order valence-electron chi connectivity index (χ3n) is 4.77. The number of anilines is 2. The first-order chi connectivity index (χ1) is 14.3. The molecule has 30 heavy (non-hydrogen) atoms. The van der Waals surface area contributed by atoms with E-state index in [0.29, 0.717) is 17.2 Å². The maximum absolute atomic E-state index is 12.9. The summed E-state index contributed by atoms with van der Waals surface area (Å²) in [7, 11) is -3.86. The van der Waals surface area contributed by atoms with Gasteiger partial charge in [-0.25, -0.2) is 13.4 Å². The Morgan fingerprint density at radius 1 is 0.933 bits per heavy atom. The van der Waals surface area contributed by atoms with E-state index in [1.54, 1.807) is 25.1 Å². The Hall–Kier alpha value is -3.65. The molecule has 0 saturated heterocycles. The minimum atomic E-state index is -3.86. The third-order valence-corrected chi connectivity index (χ3v) is 6.14. The molecule has 0 aliphatic heterocycles. The number of sulfonamides is 1. The Kier molecular flexibility index (Phi) is 5.01. The Morgan fingerprint density at radius 3 is 2.43 bits per heavy atom. The van der Waals surface area contributed by atoms with E-state index in [9.17, 15) is 13.2 Å². The number of carbonyl (C=O) groups excluding carboxylic acids is 1. The second-order valence-corrected chi connectivity index (χ2v) is 8.64. The van der Waals surface area contributed by atoms with E-state index in [1.807, 2.05) is 43.3 Å². The average molecular weight is 420 g/mol. The van der Waals surface area contributed by atoms with Gasteiger partial charge in [0.25, 0.3) is 15.9 Å². The maximum atomic E-state index is 12.9. The zero-order valence-electron chi connectivity index (χ0n) is 16.4. The Morgan fingerprint density at radius 2 is 1.67 bits per heavy atom. The molecule has 0 bridgehead atoms. The summed E-state index contributed by atoms with van der Waals surface area (Å²) < 4.78 is 28.3. The number of hydrogen-bond donors (Lipinski definition) is 3. The number of aryl methyl sites for hydroxylation is 2. The van der Waals surface area contributed by atoms with Gasteiger partial charge in [-0.15, -0.1) is 0 Å². The van der Waals surface area contributed by atoms with Crippen LogP contribution in [0, 0.1) is 13.8 Å². The van der Waals surface area contributed by atoms with Crippen molar-refractivity contribution in [1.29, 1.82) is 0 Å². The van der Waals surface area contributed by atoms with Gasteiger partial charge < -0.3 is 4.98 Å². The van der Waals surface area contributed by atoms with Crippen LogP contribution in [0.15, 0.2) is 71.6 Å². The highest BCUT2D eigenvalue weighted by molar-refractivity contribution is 7.92. The number of nitrogens with one attached hydrogen (secondary N) is 3. The highest BCUT2D eigenvalue weighted by atomic mass is 32.2. The van der Waals surface area contributed by atoms with Gasteiger partial charge in [-0.1, -0.05) is 36.4 Å². The van der Waals surface area contributed by atoms with E-state index in [0.717, 1.165) is 16.6 Å². The van der Waals surface area contributed by atoms with Crippen LogP contribution in [0.25, 0.3) is 11.0 Å². The van der Waals surface area contributed by atoms with Crippen molar-refractivity contribution in [2.24, 2.45) is 0 Å². The highest BCUT2D eigenvalue weighted by Crippen LogP contribution is 2.22. The van der Waals surface area contributed by atoms with Gasteiger partial charge in [-0.2, -0.15) is 0 Å². The van der Waals surface area contributed by atoms with E-state index in [2.05, 4.69) is 20.0 Å². The Labute approximate surface area is 174 Å². The number of rotatable bonds is 5. The van der Waals surface area contributed by atoms with E-state index in [4.69, 9.17) is 0 Å². The number of nitrogens with zero attached hydrogens (tertiary/aromatic N) is 1. The highest BCUT2D eigenvalue weighted by Gasteiger charge is 2.19. The number of para-hydroxylation sites is 3. The molecule has 3 aromatic carbocycles. The van der Waals surface area contributed by atoms with Crippen molar-refractivity contribution in [3.05, 3.63) is 83.4 Å². The monoisotopic (exact) mass is 420 g/mol. The van der Waals surface area contributed by atoms with Crippen LogP contribution in [0.3, 0.4) is 0 Å². The summed E-state index contributed by atoms with van der Waals surface area (Å²) in [4.78, 5) is 20.2. The smallest absolute Gasteiger partial charge is 0.261 e. The minimum absolute atomic E-state index is 0.00566. The zero-order valence-corrected chi connectivity index (χ0v) is 17.2. The van der Waals surface area contributed by atoms with Crippen LogP contribution in [0.1, 0.15) is 21.5 Å². The van der Waals surface area contributed by atoms with Gasteiger partial charge in [0.05, 0.1) is 21.6 Å². The van der Waals surface area contributed by atoms with Gasteiger partial charge in [0, 0.05) is 5.56 Å². The molecule has 0 aliphatic carbocycles. The molecule has 1 amide bonds. The van der Waals surface area contributed by atoms with Gasteiger partial charge in [-0.3, -0.25) is 14.8 Å². The molecule has 0 radical (unpaired) electrons. The number of benzene rings is 3. The molecule has 0 aliphatic rings. The van der Waals surface area contributed by atoms with Gasteiger partial charge in [-0.05, 0) is 55.3 Å². The lowest BCUT2D eigenvalue weighted by Crippen LogP contribution is -2.17. The predicted molar refractivity (Wildman–Crippen MR) is 117 cm³/mol. The predicted octanol–water partition coefficient (Wildman–Crippen LogP) is 4.23. The normalized spacial score (nSPS) is 11.4. The van der Waals surface area contributed by atoms with Gasteiger partial charge in [0.1, 0.15) is 0 Å². The Balaban J connectivity index is 1.62. The zero-order chi connectivity index (χ0) is 21.3. The summed E-state index contributed by atoms with van der Waals surface area (Å²) >= 11 is 0. The molecule has 0 atom stereocenters. The summed E-state index contributed by atoms with van der Waals surface area (Å²) in [5.74, 6) is -0.147. The van der Waals surface area contributed by atoms with Crippen molar-refractivity contribution in [3.8, 4) is 0 Å². The second kappa shape index (κ2) is 7.64. The van der Waals surface area contributed by atoms with E-state index >= 15 is 0 Å². The number of amides is 1. The molecule has 0 fully saturated rings. The SMILES string of the molecule is Cc1ccccc1NS(=O)(=O)c1ccc(C)c(C(=O)Nc2nc3ccccc3[nH]2)c1. The molecule has 4 aromatic rings. The molecular formula is C22H20N4O3S. The first-order valence-electron chi connectivity index (χ1n) is 9.29. The van der Waals surface area contributed by atoms with Crippen molar-refractivity contribution < 1.29 is 13.2 Å². The average Bonchev–Trinajstić information content (AvgIpc) is 3.12. The summed E-state index contributed by atoms with van der Waals surface area (Å²) in [6.07, 6.45) is 0. The first-order valence-corrected chi connectivity index (χ1v) is 10.8. The quantitative estimate of drug-likeness (QED) is 0.449. The van der Waals surface area contributed by atoms with E-state index in [1.165, 1.54) is 12.1 Å². The molecule has 152 valence electrons. The summed E-state index contributed by atoms with van der Waals surface area (Å²) in [6, 6.07) is 19.0. The van der Waals surface area contributed by atoms with Crippen LogP contribution in [0.4, 0.5) is 11.6 Å². The van der Waals surface area contributed by atoms with Gasteiger partial charge >= 0.3 is 0 Å². The lowest BCUT2D eigenvalue weighted by atomic mass is 10.1. The summed E-state index contributed by atoms with van der Waals surface area (Å²) in [5.41, 5.74) is 3.72. The van der Waals surface area contributed by atoms with Crippen molar-refractivity contribution >= 4 is 38.6 Å². The molecule has 7 nitrogen and oxygen atoms in total. The number of hydrogen-bond acceptors (Lipinski definition) is 4. The fourth-order valence-electron chi connectivity index (χ4n) is 3.09. The van der Waals surface area contributed by atoms with E-state index < -0.39 is 15.9 Å². The third kappa shape index (κ3) is 3.90. The van der Waals surface area contributed by atoms with Crippen molar-refractivity contribution in [1.82, 2.24) is 9.97 Å². The number of aromatic amines is 1.